The molecule has 1 aromatic heterocycles. The molecule has 6 heteroatoms. The summed E-state index contributed by atoms with van der Waals surface area (Å²) in [5.41, 5.74) is 1.22. The second-order valence-corrected chi connectivity index (χ2v) is 0.817. The van der Waals surface area contributed by atoms with Crippen LogP contribution >= 0.6 is 11.6 Å². The molecular formula is C2H2ClN5. The van der Waals surface area contributed by atoms with Crippen LogP contribution in [0.4, 0.5) is 0 Å². The molecule has 0 saturated carbocycles. The van der Waals surface area contributed by atoms with Crippen molar-refractivity contribution in [2.75, 3.05) is 0 Å². The minimum atomic E-state index is 1.22. The van der Waals surface area contributed by atoms with Crippen LogP contribution in [0, 0.1) is 10.8 Å². The summed E-state index contributed by atoms with van der Waals surface area (Å²) in [6, 6.07) is 0. The highest BCUT2D eigenvalue weighted by Crippen LogP contribution is 1.49. The van der Waals surface area contributed by atoms with E-state index < -0.39 is 0 Å². The van der Waals surface area contributed by atoms with Crippen LogP contribution in [0.15, 0.2) is 6.33 Å². The first kappa shape index (κ1) is 6.85. The highest BCUT2D eigenvalue weighted by molar-refractivity contribution is 6.28. The molecule has 0 spiro atoms. The Hall–Kier alpha value is -1.15. The van der Waals surface area contributed by atoms with E-state index in [1.165, 1.54) is 11.9 Å². The van der Waals surface area contributed by atoms with Crippen LogP contribution in [0.3, 0.4) is 0 Å². The van der Waals surface area contributed by atoms with Crippen molar-refractivity contribution in [2.45, 2.75) is 0 Å². The van der Waals surface area contributed by atoms with E-state index in [-0.39, 0.29) is 0 Å². The van der Waals surface area contributed by atoms with Crippen LogP contribution < -0.4 is 0 Å². The number of aromatic nitrogens is 4. The molecule has 0 aliphatic carbocycles. The molecule has 5 nitrogen and oxygen atoms in total. The Labute approximate surface area is 50.3 Å². The first-order valence-corrected chi connectivity index (χ1v) is 1.96. The monoisotopic (exact) mass is 131 g/mol. The van der Waals surface area contributed by atoms with Crippen LogP contribution in [0.1, 0.15) is 0 Å². The quantitative estimate of drug-likeness (QED) is 0.534. The van der Waals surface area contributed by atoms with E-state index in [0.717, 1.165) is 0 Å². The van der Waals surface area contributed by atoms with Gasteiger partial charge in [0.25, 0.3) is 0 Å². The lowest BCUT2D eigenvalue weighted by Crippen LogP contribution is -1.64. The molecule has 0 amide bonds. The molecule has 0 unspecified atom stereocenters. The van der Waals surface area contributed by atoms with Crippen LogP contribution in [0.5, 0.6) is 0 Å². The van der Waals surface area contributed by atoms with E-state index in [0.29, 0.717) is 0 Å². The smallest absolute Gasteiger partial charge is 0.173 e. The van der Waals surface area contributed by atoms with Gasteiger partial charge < -0.3 is 0 Å². The number of nitrogens with zero attached hydrogens (tertiary/aromatic N) is 4. The standard InChI is InChI=1S/CClN.CH2N4/c2-1-3;1-2-4-5-3-1/h;1H,(H,2,3,4,5). The summed E-state index contributed by atoms with van der Waals surface area (Å²) in [4.78, 5) is 0. The molecule has 8 heavy (non-hydrogen) atoms. The average molecular weight is 132 g/mol. The van der Waals surface area contributed by atoms with Crippen LogP contribution in [0.25, 0.3) is 0 Å². The number of nitriles is 1. The molecule has 0 aliphatic rings. The summed E-state index contributed by atoms with van der Waals surface area (Å²) >= 11 is 4.30. The Kier molecular flexibility index (Phi) is 5.01. The van der Waals surface area contributed by atoms with Gasteiger partial charge >= 0.3 is 0 Å². The summed E-state index contributed by atoms with van der Waals surface area (Å²) in [6.07, 6.45) is 1.40. The molecule has 0 aromatic carbocycles. The number of H-pyrrole nitrogens is 1. The van der Waals surface area contributed by atoms with Crippen molar-refractivity contribution in [3.8, 4) is 5.53 Å². The predicted molar refractivity (Wildman–Crippen MR) is 25.6 cm³/mol. The largest absolute Gasteiger partial charge is 0.246 e. The van der Waals surface area contributed by atoms with Crippen molar-refractivity contribution in [3.05, 3.63) is 6.33 Å². The number of hydrogen-bond donors (Lipinski definition) is 1. The third kappa shape index (κ3) is 4.85. The fraction of sp³-hybridized carbons (Fsp3) is 0. The molecule has 0 aliphatic heterocycles. The zero-order valence-electron chi connectivity index (χ0n) is 3.74. The lowest BCUT2D eigenvalue weighted by atomic mass is 11.4. The second kappa shape index (κ2) is 5.85. The fourth-order valence-corrected chi connectivity index (χ4v) is 0.129. The van der Waals surface area contributed by atoms with Gasteiger partial charge in [-0.25, -0.2) is 5.10 Å². The molecule has 1 rings (SSSR count). The molecule has 42 valence electrons. The summed E-state index contributed by atoms with van der Waals surface area (Å²) in [7, 11) is 0. The molecule has 0 saturated heterocycles. The minimum Gasteiger partial charge on any atom is -0.246 e. The van der Waals surface area contributed by atoms with Crippen LogP contribution in [0.2, 0.25) is 0 Å². The van der Waals surface area contributed by atoms with Crippen molar-refractivity contribution in [1.82, 2.24) is 20.6 Å². The summed E-state index contributed by atoms with van der Waals surface area (Å²) in [5, 5.41) is 19.2. The van der Waals surface area contributed by atoms with Gasteiger partial charge in [-0.2, -0.15) is 5.26 Å². The molecule has 1 N–H and O–H groups in total. The number of tetrazole rings is 1. The maximum Gasteiger partial charge on any atom is 0.173 e. The minimum absolute atomic E-state index is 1.22. The molecule has 1 heterocycles. The Bertz CT molecular complexity index is 123. The van der Waals surface area contributed by atoms with Gasteiger partial charge in [-0.05, 0) is 10.4 Å². The highest BCUT2D eigenvalue weighted by Gasteiger charge is 1.58. The van der Waals surface area contributed by atoms with Crippen molar-refractivity contribution >= 4 is 11.6 Å². The van der Waals surface area contributed by atoms with Gasteiger partial charge in [0.05, 0.1) is 0 Å². The van der Waals surface area contributed by atoms with Gasteiger partial charge in [-0.3, -0.25) is 0 Å². The second-order valence-electron chi connectivity index (χ2n) is 0.648. The first-order valence-electron chi connectivity index (χ1n) is 1.58. The average Bonchev–Trinajstić information content (AvgIpc) is 2.17. The fourth-order valence-electron chi connectivity index (χ4n) is 0.129. The lowest BCUT2D eigenvalue weighted by molar-refractivity contribution is 0.881. The topological polar surface area (TPSA) is 78.2 Å². The Morgan fingerprint density at radius 3 is 2.50 bits per heavy atom. The van der Waals surface area contributed by atoms with E-state index >= 15 is 0 Å². The van der Waals surface area contributed by atoms with Crippen molar-refractivity contribution in [1.29, 1.82) is 5.26 Å². The van der Waals surface area contributed by atoms with Crippen molar-refractivity contribution in [2.24, 2.45) is 0 Å². The van der Waals surface area contributed by atoms with Gasteiger partial charge in [-0.15, -0.1) is 5.10 Å². The summed E-state index contributed by atoms with van der Waals surface area (Å²) < 4.78 is 0. The van der Waals surface area contributed by atoms with Gasteiger partial charge in [0.1, 0.15) is 6.33 Å². The molecule has 0 radical (unpaired) electrons. The predicted octanol–water partition coefficient (Wildman–Crippen LogP) is -0.0940. The van der Waals surface area contributed by atoms with E-state index in [1.807, 2.05) is 0 Å². The number of aromatic amines is 1. The number of hydrogen-bond acceptors (Lipinski definition) is 4. The summed E-state index contributed by atoms with van der Waals surface area (Å²) in [6.45, 7) is 0. The van der Waals surface area contributed by atoms with E-state index in [2.05, 4.69) is 32.2 Å². The maximum absolute atomic E-state index is 7.08. The molecule has 0 bridgehead atoms. The normalized spacial score (nSPS) is 6.00. The van der Waals surface area contributed by atoms with Crippen LogP contribution in [-0.4, -0.2) is 20.6 Å². The Morgan fingerprint density at radius 1 is 1.75 bits per heavy atom. The van der Waals surface area contributed by atoms with Gasteiger partial charge in [0, 0.05) is 11.6 Å². The maximum atomic E-state index is 7.08. The van der Waals surface area contributed by atoms with E-state index in [4.69, 9.17) is 5.26 Å². The lowest BCUT2D eigenvalue weighted by Gasteiger charge is -1.42. The molecule has 0 atom stereocenters. The third-order valence-electron chi connectivity index (χ3n) is 0.270. The molecule has 1 aromatic rings. The summed E-state index contributed by atoms with van der Waals surface area (Å²) in [5.74, 6) is 0. The van der Waals surface area contributed by atoms with E-state index in [9.17, 15) is 0 Å². The third-order valence-corrected chi connectivity index (χ3v) is 0.270. The van der Waals surface area contributed by atoms with Gasteiger partial charge in [0.15, 0.2) is 5.53 Å². The van der Waals surface area contributed by atoms with Gasteiger partial charge in [0.2, 0.25) is 0 Å². The zero-order valence-corrected chi connectivity index (χ0v) is 4.50. The molecule has 0 fully saturated rings. The Morgan fingerprint density at radius 2 is 2.38 bits per heavy atom. The van der Waals surface area contributed by atoms with E-state index in [1.54, 1.807) is 0 Å². The number of nitrogens with one attached hydrogen (secondary N) is 1. The molecular weight excluding hydrogens is 130 g/mol. The SMILES string of the molecule is N#CCl.c1nnn[nH]1. The van der Waals surface area contributed by atoms with Crippen molar-refractivity contribution in [3.63, 3.8) is 0 Å². The zero-order chi connectivity index (χ0) is 6.24. The van der Waals surface area contributed by atoms with Gasteiger partial charge in [-0.1, -0.05) is 0 Å². The number of rotatable bonds is 0. The highest BCUT2D eigenvalue weighted by atomic mass is 35.5. The first-order chi connectivity index (χ1) is 3.91. The Balaban J connectivity index is 0.000000145. The van der Waals surface area contributed by atoms with Crippen LogP contribution in [-0.2, 0) is 0 Å². The number of halogens is 1. The van der Waals surface area contributed by atoms with Crippen molar-refractivity contribution < 1.29 is 0 Å².